The minimum Gasteiger partial charge on any atom is -0.380 e. The molecule has 0 aliphatic rings. The van der Waals surface area contributed by atoms with Gasteiger partial charge in [0.25, 0.3) is 0 Å². The van der Waals surface area contributed by atoms with Crippen molar-refractivity contribution in [3.8, 4) is 0 Å². The average molecular weight is 584 g/mol. The molecule has 0 atom stereocenters. The molecule has 1 aromatic carbocycles. The van der Waals surface area contributed by atoms with Crippen LogP contribution in [0.5, 0.6) is 0 Å². The second-order valence-corrected chi connectivity index (χ2v) is 12.0. The number of nitrogens with zero attached hydrogens (tertiary/aromatic N) is 1. The fourth-order valence-corrected chi connectivity index (χ4v) is 5.17. The summed E-state index contributed by atoms with van der Waals surface area (Å²) in [6.45, 7) is 10.8. The van der Waals surface area contributed by atoms with E-state index >= 15 is 0 Å². The van der Waals surface area contributed by atoms with Crippen LogP contribution in [0.4, 0.5) is 0 Å². The maximum atomic E-state index is 6.03. The molecule has 1 rings (SSSR count). The molecule has 0 saturated carbocycles. The van der Waals surface area contributed by atoms with Crippen LogP contribution in [0, 0.1) is 0 Å². The quantitative estimate of drug-likeness (QED) is 0.0622. The molecule has 0 fully saturated rings. The molecule has 242 valence electrons. The Morgan fingerprint density at radius 3 is 1.33 bits per heavy atom. The Morgan fingerprint density at radius 2 is 0.881 bits per heavy atom. The number of allylic oxidation sites excluding steroid dienone is 4. The van der Waals surface area contributed by atoms with Gasteiger partial charge >= 0.3 is 0 Å². The van der Waals surface area contributed by atoms with Crippen LogP contribution in [0.15, 0.2) is 54.6 Å². The van der Waals surface area contributed by atoms with Crippen LogP contribution in [-0.2, 0) is 16.0 Å². The standard InChI is InChI=1S/C39H69NO2/c1-3-5-7-9-11-13-15-17-19-21-23-28-34-41-36-32-40(38-39-30-26-25-27-31-39)33-37-42-35-29-24-22-20-18-16-14-12-10-8-6-4-2/h9-12,25-27,30-31H,3-8,13-24,28-29,32-38H2,1-2H3. The molecule has 0 spiro atoms. The minimum atomic E-state index is 0.811. The highest BCUT2D eigenvalue weighted by Crippen LogP contribution is 2.10. The third kappa shape index (κ3) is 27.4. The largest absolute Gasteiger partial charge is 0.380 e. The molecule has 0 saturated heterocycles. The second kappa shape index (κ2) is 32.5. The molecule has 0 unspecified atom stereocenters. The van der Waals surface area contributed by atoms with E-state index < -0.39 is 0 Å². The molecule has 0 heterocycles. The van der Waals surface area contributed by atoms with Crippen LogP contribution in [0.2, 0.25) is 0 Å². The lowest BCUT2D eigenvalue weighted by Gasteiger charge is -2.22. The summed E-state index contributed by atoms with van der Waals surface area (Å²) in [4.78, 5) is 2.49. The van der Waals surface area contributed by atoms with Gasteiger partial charge in [-0.15, -0.1) is 0 Å². The number of hydrogen-bond acceptors (Lipinski definition) is 3. The molecule has 3 heteroatoms. The van der Waals surface area contributed by atoms with E-state index in [0.29, 0.717) is 0 Å². The fourth-order valence-electron chi connectivity index (χ4n) is 5.17. The van der Waals surface area contributed by atoms with Crippen molar-refractivity contribution in [3.05, 3.63) is 60.2 Å². The normalized spacial score (nSPS) is 12.0. The SMILES string of the molecule is CCCCC=CCCCCCCCCOCCN(CCOCCCCCCCCC=CCCCC)Cc1ccccc1. The average Bonchev–Trinajstić information content (AvgIpc) is 3.01. The van der Waals surface area contributed by atoms with E-state index in [4.69, 9.17) is 9.47 Å². The molecule has 0 aromatic heterocycles. The molecule has 0 radical (unpaired) electrons. The molecule has 3 nitrogen and oxygen atoms in total. The second-order valence-electron chi connectivity index (χ2n) is 12.0. The molecule has 0 aliphatic carbocycles. The topological polar surface area (TPSA) is 21.7 Å². The summed E-state index contributed by atoms with van der Waals surface area (Å²) < 4.78 is 12.1. The van der Waals surface area contributed by atoms with Crippen LogP contribution in [0.1, 0.15) is 148 Å². The van der Waals surface area contributed by atoms with Gasteiger partial charge in [0.05, 0.1) is 13.2 Å². The van der Waals surface area contributed by atoms with Crippen molar-refractivity contribution >= 4 is 0 Å². The van der Waals surface area contributed by atoms with Gasteiger partial charge in [-0.3, -0.25) is 4.90 Å². The van der Waals surface area contributed by atoms with Crippen molar-refractivity contribution in [1.29, 1.82) is 0 Å². The lowest BCUT2D eigenvalue weighted by Crippen LogP contribution is -2.31. The van der Waals surface area contributed by atoms with E-state index in [1.165, 1.54) is 134 Å². The Balaban J connectivity index is 2.03. The Labute approximate surface area is 262 Å². The maximum Gasteiger partial charge on any atom is 0.0593 e. The highest BCUT2D eigenvalue weighted by Gasteiger charge is 2.06. The number of benzene rings is 1. The molecular formula is C39H69NO2. The molecule has 0 bridgehead atoms. The number of rotatable bonds is 32. The van der Waals surface area contributed by atoms with Gasteiger partial charge in [-0.05, 0) is 56.9 Å². The van der Waals surface area contributed by atoms with Crippen molar-refractivity contribution in [2.45, 2.75) is 149 Å². The van der Waals surface area contributed by atoms with E-state index in [-0.39, 0.29) is 0 Å². The zero-order valence-electron chi connectivity index (χ0n) is 28.1. The third-order valence-corrected chi connectivity index (χ3v) is 7.95. The maximum absolute atomic E-state index is 6.03. The smallest absolute Gasteiger partial charge is 0.0593 e. The van der Waals surface area contributed by atoms with E-state index in [0.717, 1.165) is 46.1 Å². The Morgan fingerprint density at radius 1 is 0.476 bits per heavy atom. The van der Waals surface area contributed by atoms with E-state index in [1.54, 1.807) is 0 Å². The molecule has 0 aliphatic heterocycles. The zero-order valence-corrected chi connectivity index (χ0v) is 28.1. The summed E-state index contributed by atoms with van der Waals surface area (Å²) >= 11 is 0. The van der Waals surface area contributed by atoms with Crippen molar-refractivity contribution in [3.63, 3.8) is 0 Å². The zero-order chi connectivity index (χ0) is 30.0. The Bertz CT molecular complexity index is 662. The van der Waals surface area contributed by atoms with Gasteiger partial charge in [0, 0.05) is 32.8 Å². The van der Waals surface area contributed by atoms with Gasteiger partial charge in [-0.2, -0.15) is 0 Å². The predicted molar refractivity (Wildman–Crippen MR) is 185 cm³/mol. The summed E-state index contributed by atoms with van der Waals surface area (Å²) in [5.41, 5.74) is 1.37. The van der Waals surface area contributed by atoms with Crippen LogP contribution in [0.3, 0.4) is 0 Å². The molecule has 0 N–H and O–H groups in total. The summed E-state index contributed by atoms with van der Waals surface area (Å²) in [5, 5.41) is 0. The van der Waals surface area contributed by atoms with E-state index in [1.807, 2.05) is 0 Å². The van der Waals surface area contributed by atoms with Gasteiger partial charge in [0.15, 0.2) is 0 Å². The lowest BCUT2D eigenvalue weighted by molar-refractivity contribution is 0.0692. The first-order chi connectivity index (χ1) is 20.9. The predicted octanol–water partition coefficient (Wildman–Crippen LogP) is 11.5. The molecule has 0 amide bonds. The van der Waals surface area contributed by atoms with Gasteiger partial charge in [0.2, 0.25) is 0 Å². The number of hydrogen-bond donors (Lipinski definition) is 0. The summed E-state index contributed by atoms with van der Waals surface area (Å²) in [6, 6.07) is 10.8. The summed E-state index contributed by atoms with van der Waals surface area (Å²) in [5.74, 6) is 0. The lowest BCUT2D eigenvalue weighted by atomic mass is 10.1. The number of unbranched alkanes of at least 4 members (excludes halogenated alkanes) is 16. The van der Waals surface area contributed by atoms with Gasteiger partial charge in [0.1, 0.15) is 0 Å². The molecule has 42 heavy (non-hydrogen) atoms. The monoisotopic (exact) mass is 584 g/mol. The van der Waals surface area contributed by atoms with E-state index in [2.05, 4.69) is 73.4 Å². The summed E-state index contributed by atoms with van der Waals surface area (Å²) in [6.07, 6.45) is 35.6. The first kappa shape index (κ1) is 38.6. The van der Waals surface area contributed by atoms with Crippen molar-refractivity contribution < 1.29 is 9.47 Å². The summed E-state index contributed by atoms with van der Waals surface area (Å²) in [7, 11) is 0. The van der Waals surface area contributed by atoms with Crippen LogP contribution < -0.4 is 0 Å². The highest BCUT2D eigenvalue weighted by atomic mass is 16.5. The van der Waals surface area contributed by atoms with Crippen LogP contribution >= 0.6 is 0 Å². The fraction of sp³-hybridized carbons (Fsp3) is 0.744. The van der Waals surface area contributed by atoms with Crippen molar-refractivity contribution in [2.75, 3.05) is 39.5 Å². The minimum absolute atomic E-state index is 0.811. The Hall–Kier alpha value is -1.42. The van der Waals surface area contributed by atoms with Crippen molar-refractivity contribution in [1.82, 2.24) is 4.90 Å². The van der Waals surface area contributed by atoms with Crippen LogP contribution in [0.25, 0.3) is 0 Å². The number of ether oxygens (including phenoxy) is 2. The first-order valence-electron chi connectivity index (χ1n) is 18.1. The van der Waals surface area contributed by atoms with Gasteiger partial charge in [-0.25, -0.2) is 0 Å². The third-order valence-electron chi connectivity index (χ3n) is 7.95. The van der Waals surface area contributed by atoms with Gasteiger partial charge < -0.3 is 9.47 Å². The molecular weight excluding hydrogens is 514 g/mol. The van der Waals surface area contributed by atoms with Gasteiger partial charge in [-0.1, -0.05) is 146 Å². The Kier molecular flexibility index (Phi) is 29.9. The first-order valence-corrected chi connectivity index (χ1v) is 18.1. The van der Waals surface area contributed by atoms with Crippen LogP contribution in [-0.4, -0.2) is 44.4 Å². The van der Waals surface area contributed by atoms with E-state index in [9.17, 15) is 0 Å². The highest BCUT2D eigenvalue weighted by molar-refractivity contribution is 5.14. The van der Waals surface area contributed by atoms with Crippen molar-refractivity contribution in [2.24, 2.45) is 0 Å². The molecule has 1 aromatic rings.